The van der Waals surface area contributed by atoms with Gasteiger partial charge >= 0.3 is 0 Å². The lowest BCUT2D eigenvalue weighted by atomic mass is 10.1. The largest absolute Gasteiger partial charge is 0.388 e. The number of hydrogen-bond donors (Lipinski definition) is 3. The first-order chi connectivity index (χ1) is 15.6. The predicted octanol–water partition coefficient (Wildman–Crippen LogP) is 2.64. The average Bonchev–Trinajstić information content (AvgIpc) is 2.81. The summed E-state index contributed by atoms with van der Waals surface area (Å²) >= 11 is 1.41. The molecule has 172 valence electrons. The number of pyridine rings is 1. The molecule has 0 aliphatic heterocycles. The van der Waals surface area contributed by atoms with Crippen molar-refractivity contribution in [1.82, 2.24) is 10.0 Å². The molecule has 0 spiro atoms. The van der Waals surface area contributed by atoms with Crippen LogP contribution in [0.15, 0.2) is 82.8 Å². The van der Waals surface area contributed by atoms with Crippen molar-refractivity contribution in [3.05, 3.63) is 84.1 Å². The van der Waals surface area contributed by atoms with Gasteiger partial charge in [0.1, 0.15) is 0 Å². The summed E-state index contributed by atoms with van der Waals surface area (Å²) in [5.74, 6) is -0.887. The van der Waals surface area contributed by atoms with Crippen molar-refractivity contribution >= 4 is 33.5 Å². The smallest absolute Gasteiger partial charge is 0.294 e. The Morgan fingerprint density at radius 3 is 2.52 bits per heavy atom. The van der Waals surface area contributed by atoms with Gasteiger partial charge in [-0.1, -0.05) is 24.3 Å². The van der Waals surface area contributed by atoms with Gasteiger partial charge in [-0.2, -0.15) is 0 Å². The molecule has 2 aromatic carbocycles. The van der Waals surface area contributed by atoms with Crippen LogP contribution in [0.1, 0.15) is 22.0 Å². The molecule has 3 aromatic rings. The van der Waals surface area contributed by atoms with Gasteiger partial charge in [0.05, 0.1) is 16.0 Å². The van der Waals surface area contributed by atoms with E-state index in [0.717, 1.165) is 11.3 Å². The number of carbonyl (C=O) groups excluding carboxylic acids is 1. The lowest BCUT2D eigenvalue weighted by molar-refractivity contribution is 0.0152. The number of aliphatic hydroxyl groups is 1. The number of aliphatic hydroxyl groups excluding tert-OH is 1. The fourth-order valence-corrected chi connectivity index (χ4v) is 4.22. The second kappa shape index (κ2) is 10.5. The summed E-state index contributed by atoms with van der Waals surface area (Å²) in [7, 11) is -3.53. The highest BCUT2D eigenvalue weighted by atomic mass is 32.2. The van der Waals surface area contributed by atoms with E-state index in [0.29, 0.717) is 16.4 Å². The van der Waals surface area contributed by atoms with Crippen molar-refractivity contribution in [3.63, 3.8) is 0 Å². The third-order valence-corrected chi connectivity index (χ3v) is 6.53. The molecule has 4 N–H and O–H groups in total. The zero-order valence-corrected chi connectivity index (χ0v) is 19.2. The number of benzene rings is 2. The van der Waals surface area contributed by atoms with Crippen LogP contribution in [0, 0.1) is 5.41 Å². The van der Waals surface area contributed by atoms with Gasteiger partial charge in [0.15, 0.2) is 15.6 Å². The van der Waals surface area contributed by atoms with Crippen LogP contribution < -0.4 is 10.6 Å². The number of amides is 1. The number of nitrogens with two attached hydrogens (primary N) is 1. The summed E-state index contributed by atoms with van der Waals surface area (Å²) < 4.78 is 23.5. The van der Waals surface area contributed by atoms with Gasteiger partial charge in [0, 0.05) is 23.8 Å². The van der Waals surface area contributed by atoms with E-state index < -0.39 is 27.8 Å². The van der Waals surface area contributed by atoms with Crippen LogP contribution >= 0.6 is 11.8 Å². The van der Waals surface area contributed by atoms with E-state index in [9.17, 15) is 18.3 Å². The Hall–Kier alpha value is -3.41. The standard InChI is InChI=1S/C22H22N4O5S2/c1-33(29,30)18-6-4-5-16(13-18)21(28)26(22(23)24)31-17-10-8-15(9-11-17)19(27)14-32-20-7-2-3-12-25-20/h2-13,19,27H,14H2,1H3,(H3,23,24). The third-order valence-electron chi connectivity index (χ3n) is 4.40. The number of nitrogens with one attached hydrogen (secondary N) is 1. The van der Waals surface area contributed by atoms with Gasteiger partial charge in [-0.05, 0) is 48.0 Å². The molecule has 9 nitrogen and oxygen atoms in total. The molecule has 0 saturated heterocycles. The lowest BCUT2D eigenvalue weighted by Crippen LogP contribution is -2.43. The summed E-state index contributed by atoms with van der Waals surface area (Å²) in [4.78, 5) is 22.4. The molecule has 33 heavy (non-hydrogen) atoms. The van der Waals surface area contributed by atoms with Gasteiger partial charge in [0.2, 0.25) is 5.96 Å². The minimum Gasteiger partial charge on any atom is -0.388 e. The molecule has 0 bridgehead atoms. The molecule has 0 aliphatic carbocycles. The minimum atomic E-state index is -3.53. The van der Waals surface area contributed by atoms with Crippen LogP contribution in [0.3, 0.4) is 0 Å². The SMILES string of the molecule is CS(=O)(=O)c1cccc(C(=O)N(Oc2ccc(C(O)CSc3ccccn3)cc2)C(=N)N)c1. The topological polar surface area (TPSA) is 147 Å². The van der Waals surface area contributed by atoms with Crippen molar-refractivity contribution in [2.45, 2.75) is 16.0 Å². The molecule has 1 aromatic heterocycles. The molecule has 0 aliphatic rings. The molecule has 0 fully saturated rings. The zero-order valence-electron chi connectivity index (χ0n) is 17.6. The molecular weight excluding hydrogens is 464 g/mol. The number of hydroxylamine groups is 2. The van der Waals surface area contributed by atoms with E-state index in [1.165, 1.54) is 48.2 Å². The number of hydrogen-bond acceptors (Lipinski definition) is 8. The number of rotatable bonds is 8. The monoisotopic (exact) mass is 486 g/mol. The van der Waals surface area contributed by atoms with E-state index in [1.54, 1.807) is 18.3 Å². The Balaban J connectivity index is 1.70. The normalized spacial score (nSPS) is 12.1. The second-order valence-corrected chi connectivity index (χ2v) is 10.00. The highest BCUT2D eigenvalue weighted by molar-refractivity contribution is 7.99. The van der Waals surface area contributed by atoms with Crippen molar-refractivity contribution in [3.8, 4) is 5.75 Å². The first kappa shape index (κ1) is 24.2. The molecule has 1 atom stereocenters. The maximum Gasteiger partial charge on any atom is 0.294 e. The lowest BCUT2D eigenvalue weighted by Gasteiger charge is -2.21. The molecule has 3 rings (SSSR count). The minimum absolute atomic E-state index is 0.00767. The summed E-state index contributed by atoms with van der Waals surface area (Å²) in [6, 6.07) is 17.2. The first-order valence-corrected chi connectivity index (χ1v) is 12.5. The van der Waals surface area contributed by atoms with Crippen LogP contribution in [0.5, 0.6) is 5.75 Å². The Morgan fingerprint density at radius 1 is 1.18 bits per heavy atom. The van der Waals surface area contributed by atoms with Gasteiger partial charge in [-0.3, -0.25) is 10.2 Å². The highest BCUT2D eigenvalue weighted by Crippen LogP contribution is 2.25. The maximum absolute atomic E-state index is 12.8. The van der Waals surface area contributed by atoms with E-state index in [-0.39, 0.29) is 16.2 Å². The van der Waals surface area contributed by atoms with Crippen LogP contribution in [-0.2, 0) is 9.84 Å². The molecule has 1 unspecified atom stereocenters. The fourth-order valence-electron chi connectivity index (χ4n) is 2.73. The quantitative estimate of drug-likeness (QED) is 0.191. The van der Waals surface area contributed by atoms with Crippen LogP contribution in [0.4, 0.5) is 0 Å². The van der Waals surface area contributed by atoms with Crippen molar-refractivity contribution < 1.29 is 23.2 Å². The van der Waals surface area contributed by atoms with E-state index in [2.05, 4.69) is 4.98 Å². The number of thioether (sulfide) groups is 1. The Morgan fingerprint density at radius 2 is 1.91 bits per heavy atom. The van der Waals surface area contributed by atoms with Gasteiger partial charge in [0.25, 0.3) is 5.91 Å². The van der Waals surface area contributed by atoms with Crippen molar-refractivity contribution in [2.75, 3.05) is 12.0 Å². The summed E-state index contributed by atoms with van der Waals surface area (Å²) in [6.45, 7) is 0. The highest BCUT2D eigenvalue weighted by Gasteiger charge is 2.23. The maximum atomic E-state index is 12.8. The van der Waals surface area contributed by atoms with Gasteiger partial charge < -0.3 is 15.7 Å². The van der Waals surface area contributed by atoms with Gasteiger partial charge in [-0.15, -0.1) is 16.8 Å². The van der Waals surface area contributed by atoms with Crippen molar-refractivity contribution in [1.29, 1.82) is 5.41 Å². The van der Waals surface area contributed by atoms with E-state index >= 15 is 0 Å². The predicted molar refractivity (Wildman–Crippen MR) is 125 cm³/mol. The van der Waals surface area contributed by atoms with Crippen LogP contribution in [-0.4, -0.2) is 47.4 Å². The number of carbonyl (C=O) groups is 1. The van der Waals surface area contributed by atoms with Crippen LogP contribution in [0.2, 0.25) is 0 Å². The Bertz CT molecular complexity index is 1240. The Labute approximate surface area is 195 Å². The van der Waals surface area contributed by atoms with Crippen molar-refractivity contribution in [2.24, 2.45) is 5.73 Å². The third kappa shape index (κ3) is 6.54. The fraction of sp³-hybridized carbons (Fsp3) is 0.136. The van der Waals surface area contributed by atoms with Gasteiger partial charge in [-0.25, -0.2) is 13.4 Å². The molecule has 11 heteroatoms. The van der Waals surface area contributed by atoms with E-state index in [1.807, 2.05) is 18.2 Å². The number of aromatic nitrogens is 1. The number of nitrogens with zero attached hydrogens (tertiary/aromatic N) is 2. The molecule has 0 saturated carbocycles. The zero-order chi connectivity index (χ0) is 24.0. The molecule has 0 radical (unpaired) electrons. The van der Waals surface area contributed by atoms with E-state index in [4.69, 9.17) is 16.0 Å². The summed E-state index contributed by atoms with van der Waals surface area (Å²) in [6.07, 6.45) is 1.96. The second-order valence-electron chi connectivity index (χ2n) is 6.94. The first-order valence-electron chi connectivity index (χ1n) is 9.63. The molecular formula is C22H22N4O5S2. The Kier molecular flexibility index (Phi) is 7.69. The number of guanidine groups is 1. The van der Waals surface area contributed by atoms with Crippen LogP contribution in [0.25, 0.3) is 0 Å². The summed E-state index contributed by atoms with van der Waals surface area (Å²) in [5, 5.41) is 19.5. The molecule has 1 amide bonds. The number of sulfone groups is 1. The average molecular weight is 487 g/mol. The summed E-state index contributed by atoms with van der Waals surface area (Å²) in [5.41, 5.74) is 6.14. The molecule has 1 heterocycles.